The standard InChI is InChI=1S/C15H14O2/c1-10(2)11-4-5-13-9-14(15(16)17-3)7-6-12(13)8-11/h4-9H,1H2,2-3H3. The first kappa shape index (κ1) is 11.4. The number of methoxy groups -OCH3 is 1. The van der Waals surface area contributed by atoms with Crippen LogP contribution < -0.4 is 0 Å². The maximum absolute atomic E-state index is 11.4. The van der Waals surface area contributed by atoms with E-state index in [1.165, 1.54) is 7.11 Å². The van der Waals surface area contributed by atoms with E-state index in [0.29, 0.717) is 5.56 Å². The summed E-state index contributed by atoms with van der Waals surface area (Å²) in [6.07, 6.45) is 0. The lowest BCUT2D eigenvalue weighted by Crippen LogP contribution is -2.00. The molecule has 0 heterocycles. The van der Waals surface area contributed by atoms with Crippen molar-refractivity contribution in [1.29, 1.82) is 0 Å². The van der Waals surface area contributed by atoms with Gasteiger partial charge < -0.3 is 4.74 Å². The van der Waals surface area contributed by atoms with Gasteiger partial charge in [-0.25, -0.2) is 4.79 Å². The van der Waals surface area contributed by atoms with Crippen LogP contribution in [0.25, 0.3) is 16.3 Å². The fourth-order valence-electron chi connectivity index (χ4n) is 1.76. The molecule has 0 radical (unpaired) electrons. The lowest BCUT2D eigenvalue weighted by atomic mass is 10.0. The average Bonchev–Trinajstić information content (AvgIpc) is 2.36. The minimum Gasteiger partial charge on any atom is -0.465 e. The maximum Gasteiger partial charge on any atom is 0.337 e. The Morgan fingerprint density at radius 2 is 1.59 bits per heavy atom. The molecule has 0 spiro atoms. The molecule has 0 N–H and O–H groups in total. The Morgan fingerprint density at radius 1 is 1.06 bits per heavy atom. The molecular weight excluding hydrogens is 212 g/mol. The molecule has 0 aliphatic heterocycles. The van der Waals surface area contributed by atoms with Gasteiger partial charge in [0.2, 0.25) is 0 Å². The number of esters is 1. The summed E-state index contributed by atoms with van der Waals surface area (Å²) < 4.78 is 4.69. The zero-order chi connectivity index (χ0) is 12.4. The van der Waals surface area contributed by atoms with Crippen molar-refractivity contribution in [3.05, 3.63) is 54.1 Å². The van der Waals surface area contributed by atoms with E-state index in [-0.39, 0.29) is 5.97 Å². The molecule has 0 aromatic heterocycles. The Balaban J connectivity index is 2.54. The molecule has 0 bridgehead atoms. The zero-order valence-electron chi connectivity index (χ0n) is 9.99. The second-order valence-corrected chi connectivity index (χ2v) is 4.05. The van der Waals surface area contributed by atoms with Crippen LogP contribution in [0, 0.1) is 0 Å². The maximum atomic E-state index is 11.4. The van der Waals surface area contributed by atoms with Gasteiger partial charge in [-0.1, -0.05) is 30.4 Å². The number of benzene rings is 2. The summed E-state index contributed by atoms with van der Waals surface area (Å²) in [7, 11) is 1.39. The Kier molecular flexibility index (Phi) is 2.96. The van der Waals surface area contributed by atoms with E-state index in [0.717, 1.165) is 21.9 Å². The molecule has 2 nitrogen and oxygen atoms in total. The Labute approximate surface area is 101 Å². The van der Waals surface area contributed by atoms with E-state index < -0.39 is 0 Å². The topological polar surface area (TPSA) is 26.3 Å². The smallest absolute Gasteiger partial charge is 0.337 e. The third-order valence-corrected chi connectivity index (χ3v) is 2.75. The van der Waals surface area contributed by atoms with Gasteiger partial charge in [0, 0.05) is 0 Å². The predicted molar refractivity (Wildman–Crippen MR) is 70.0 cm³/mol. The van der Waals surface area contributed by atoms with E-state index in [4.69, 9.17) is 4.74 Å². The summed E-state index contributed by atoms with van der Waals surface area (Å²) in [5.41, 5.74) is 2.72. The highest BCUT2D eigenvalue weighted by molar-refractivity contribution is 5.96. The summed E-state index contributed by atoms with van der Waals surface area (Å²) in [5.74, 6) is -0.309. The van der Waals surface area contributed by atoms with Crippen LogP contribution in [0.2, 0.25) is 0 Å². The lowest BCUT2D eigenvalue weighted by molar-refractivity contribution is 0.0601. The van der Waals surface area contributed by atoms with Crippen molar-refractivity contribution in [1.82, 2.24) is 0 Å². The second kappa shape index (κ2) is 4.42. The van der Waals surface area contributed by atoms with E-state index >= 15 is 0 Å². The molecule has 0 atom stereocenters. The zero-order valence-corrected chi connectivity index (χ0v) is 9.99. The van der Waals surface area contributed by atoms with Gasteiger partial charge in [0.1, 0.15) is 0 Å². The number of carbonyl (C=O) groups is 1. The van der Waals surface area contributed by atoms with Gasteiger partial charge in [0.15, 0.2) is 0 Å². The van der Waals surface area contributed by atoms with Gasteiger partial charge in [0.05, 0.1) is 12.7 Å². The molecule has 0 unspecified atom stereocenters. The normalized spacial score (nSPS) is 10.2. The van der Waals surface area contributed by atoms with Crippen molar-refractivity contribution >= 4 is 22.3 Å². The van der Waals surface area contributed by atoms with Gasteiger partial charge >= 0.3 is 5.97 Å². The van der Waals surface area contributed by atoms with Gasteiger partial charge in [-0.2, -0.15) is 0 Å². The first-order valence-electron chi connectivity index (χ1n) is 5.40. The van der Waals surface area contributed by atoms with E-state index in [2.05, 4.69) is 12.6 Å². The first-order chi connectivity index (χ1) is 8.11. The Morgan fingerprint density at radius 3 is 2.12 bits per heavy atom. The third kappa shape index (κ3) is 2.21. The van der Waals surface area contributed by atoms with Crippen LogP contribution in [-0.2, 0) is 4.74 Å². The Bertz CT molecular complexity index is 597. The highest BCUT2D eigenvalue weighted by atomic mass is 16.5. The fourth-order valence-corrected chi connectivity index (χ4v) is 1.76. The monoisotopic (exact) mass is 226 g/mol. The van der Waals surface area contributed by atoms with Crippen molar-refractivity contribution in [3.8, 4) is 0 Å². The summed E-state index contributed by atoms with van der Waals surface area (Å²) >= 11 is 0. The SMILES string of the molecule is C=C(C)c1ccc2cc(C(=O)OC)ccc2c1. The molecule has 0 amide bonds. The molecule has 2 aromatic rings. The summed E-state index contributed by atoms with van der Waals surface area (Å²) in [6.45, 7) is 5.89. The quantitative estimate of drug-likeness (QED) is 0.730. The summed E-state index contributed by atoms with van der Waals surface area (Å²) in [6, 6.07) is 11.6. The molecule has 0 aliphatic rings. The van der Waals surface area contributed by atoms with Crippen molar-refractivity contribution in [2.75, 3.05) is 7.11 Å². The van der Waals surface area contributed by atoms with Crippen LogP contribution in [0.1, 0.15) is 22.8 Å². The number of rotatable bonds is 2. The minimum absolute atomic E-state index is 0.309. The van der Waals surface area contributed by atoms with Gasteiger partial charge in [-0.3, -0.25) is 0 Å². The van der Waals surface area contributed by atoms with Gasteiger partial charge in [0.25, 0.3) is 0 Å². The van der Waals surface area contributed by atoms with Crippen molar-refractivity contribution in [2.45, 2.75) is 6.92 Å². The van der Waals surface area contributed by atoms with Crippen LogP contribution >= 0.6 is 0 Å². The number of carbonyl (C=O) groups excluding carboxylic acids is 1. The highest BCUT2D eigenvalue weighted by Gasteiger charge is 2.06. The molecule has 0 aliphatic carbocycles. The van der Waals surface area contributed by atoms with Crippen molar-refractivity contribution in [2.24, 2.45) is 0 Å². The lowest BCUT2D eigenvalue weighted by Gasteiger charge is -2.05. The molecular formula is C15H14O2. The first-order valence-corrected chi connectivity index (χ1v) is 5.40. The highest BCUT2D eigenvalue weighted by Crippen LogP contribution is 2.21. The van der Waals surface area contributed by atoms with E-state index in [1.54, 1.807) is 6.07 Å². The summed E-state index contributed by atoms with van der Waals surface area (Å²) in [4.78, 5) is 11.4. The number of fused-ring (bicyclic) bond motifs is 1. The van der Waals surface area contributed by atoms with Crippen LogP contribution in [-0.4, -0.2) is 13.1 Å². The second-order valence-electron chi connectivity index (χ2n) is 4.05. The number of hydrogen-bond donors (Lipinski definition) is 0. The molecule has 2 rings (SSSR count). The molecule has 0 saturated carbocycles. The molecule has 0 fully saturated rings. The number of allylic oxidation sites excluding steroid dienone is 1. The van der Waals surface area contributed by atoms with Crippen LogP contribution in [0.3, 0.4) is 0 Å². The number of hydrogen-bond acceptors (Lipinski definition) is 2. The molecule has 2 aromatic carbocycles. The van der Waals surface area contributed by atoms with Gasteiger partial charge in [-0.05, 0) is 41.5 Å². The van der Waals surface area contributed by atoms with Gasteiger partial charge in [-0.15, -0.1) is 0 Å². The fraction of sp³-hybridized carbons (Fsp3) is 0.133. The third-order valence-electron chi connectivity index (χ3n) is 2.75. The van der Waals surface area contributed by atoms with E-state index in [9.17, 15) is 4.79 Å². The van der Waals surface area contributed by atoms with Crippen LogP contribution in [0.5, 0.6) is 0 Å². The molecule has 17 heavy (non-hydrogen) atoms. The predicted octanol–water partition coefficient (Wildman–Crippen LogP) is 3.66. The van der Waals surface area contributed by atoms with Crippen LogP contribution in [0.4, 0.5) is 0 Å². The largest absolute Gasteiger partial charge is 0.465 e. The molecule has 2 heteroatoms. The van der Waals surface area contributed by atoms with Crippen molar-refractivity contribution in [3.63, 3.8) is 0 Å². The summed E-state index contributed by atoms with van der Waals surface area (Å²) in [5, 5.41) is 2.12. The van der Waals surface area contributed by atoms with E-state index in [1.807, 2.05) is 31.2 Å². The van der Waals surface area contributed by atoms with Crippen molar-refractivity contribution < 1.29 is 9.53 Å². The molecule has 0 saturated heterocycles. The Hall–Kier alpha value is -2.09. The minimum atomic E-state index is -0.309. The van der Waals surface area contributed by atoms with Crippen LogP contribution in [0.15, 0.2) is 43.0 Å². The molecule has 86 valence electrons. The number of ether oxygens (including phenoxy) is 1. The average molecular weight is 226 g/mol.